The van der Waals surface area contributed by atoms with Crippen molar-refractivity contribution in [1.29, 1.82) is 0 Å². The maximum absolute atomic E-state index is 12.4. The van der Waals surface area contributed by atoms with Crippen molar-refractivity contribution in [2.24, 2.45) is 0 Å². The maximum atomic E-state index is 12.4. The molecule has 4 aromatic rings. The molecule has 0 bridgehead atoms. The standard InChI is InChI=1S/C22H20N6O4S2/c1-14-25-26-22(34-14)24-20(29)13-33-19-12-27(18-5-3-2-4-17(18)19)11-10-23-21(30)15-6-8-16(9-7-15)28(31)32/h2-9,12H,10-11,13H2,1H3,(H,23,30)(H,24,26,29). The summed E-state index contributed by atoms with van der Waals surface area (Å²) in [4.78, 5) is 35.9. The van der Waals surface area contributed by atoms with Crippen molar-refractivity contribution >= 4 is 56.6 Å². The third-order valence-electron chi connectivity index (χ3n) is 4.86. The van der Waals surface area contributed by atoms with Gasteiger partial charge in [0.1, 0.15) is 5.01 Å². The van der Waals surface area contributed by atoms with Gasteiger partial charge in [0.25, 0.3) is 11.6 Å². The van der Waals surface area contributed by atoms with Crippen LogP contribution in [0.2, 0.25) is 0 Å². The number of non-ortho nitro benzene ring substituents is 1. The molecule has 4 rings (SSSR count). The lowest BCUT2D eigenvalue weighted by Crippen LogP contribution is -2.27. The van der Waals surface area contributed by atoms with Gasteiger partial charge in [0, 0.05) is 52.8 Å². The molecule has 34 heavy (non-hydrogen) atoms. The van der Waals surface area contributed by atoms with E-state index in [4.69, 9.17) is 0 Å². The molecule has 12 heteroatoms. The molecule has 0 aliphatic carbocycles. The van der Waals surface area contributed by atoms with E-state index >= 15 is 0 Å². The molecule has 0 unspecified atom stereocenters. The summed E-state index contributed by atoms with van der Waals surface area (Å²) in [6.45, 7) is 2.72. The number of hydrogen-bond donors (Lipinski definition) is 2. The SMILES string of the molecule is Cc1nnc(NC(=O)CSc2cn(CCNC(=O)c3ccc([N+](=O)[O-])cc3)c3ccccc23)s1. The van der Waals surface area contributed by atoms with Crippen molar-refractivity contribution < 1.29 is 14.5 Å². The summed E-state index contributed by atoms with van der Waals surface area (Å²) in [6, 6.07) is 13.3. The van der Waals surface area contributed by atoms with Crippen LogP contribution < -0.4 is 10.6 Å². The molecule has 2 N–H and O–H groups in total. The van der Waals surface area contributed by atoms with Crippen LogP contribution in [0.3, 0.4) is 0 Å². The molecule has 0 spiro atoms. The monoisotopic (exact) mass is 496 g/mol. The van der Waals surface area contributed by atoms with E-state index in [-0.39, 0.29) is 23.3 Å². The minimum Gasteiger partial charge on any atom is -0.350 e. The largest absolute Gasteiger partial charge is 0.350 e. The van der Waals surface area contributed by atoms with Crippen LogP contribution in [0.1, 0.15) is 15.4 Å². The van der Waals surface area contributed by atoms with Crippen LogP contribution in [0.4, 0.5) is 10.8 Å². The Morgan fingerprint density at radius 3 is 2.62 bits per heavy atom. The fraction of sp³-hybridized carbons (Fsp3) is 0.182. The average Bonchev–Trinajstić information content (AvgIpc) is 3.40. The lowest BCUT2D eigenvalue weighted by atomic mass is 10.2. The van der Waals surface area contributed by atoms with E-state index in [1.165, 1.54) is 47.4 Å². The molecule has 0 aliphatic heterocycles. The van der Waals surface area contributed by atoms with Crippen LogP contribution in [0.25, 0.3) is 10.9 Å². The van der Waals surface area contributed by atoms with Gasteiger partial charge in [-0.15, -0.1) is 22.0 Å². The summed E-state index contributed by atoms with van der Waals surface area (Å²) in [7, 11) is 0. The third-order valence-corrected chi connectivity index (χ3v) is 6.66. The van der Waals surface area contributed by atoms with Gasteiger partial charge in [-0.05, 0) is 25.1 Å². The zero-order valence-electron chi connectivity index (χ0n) is 18.1. The summed E-state index contributed by atoms with van der Waals surface area (Å²) in [6.07, 6.45) is 1.97. The van der Waals surface area contributed by atoms with Crippen molar-refractivity contribution in [2.45, 2.75) is 18.4 Å². The topological polar surface area (TPSA) is 132 Å². The number of benzene rings is 2. The van der Waals surface area contributed by atoms with Gasteiger partial charge < -0.3 is 9.88 Å². The Hall–Kier alpha value is -3.77. The lowest BCUT2D eigenvalue weighted by molar-refractivity contribution is -0.384. The second-order valence-electron chi connectivity index (χ2n) is 7.23. The highest BCUT2D eigenvalue weighted by Crippen LogP contribution is 2.30. The fourth-order valence-corrected chi connectivity index (χ4v) is 4.78. The molecule has 174 valence electrons. The molecule has 2 amide bonds. The van der Waals surface area contributed by atoms with Crippen molar-refractivity contribution in [2.75, 3.05) is 17.6 Å². The van der Waals surface area contributed by atoms with Gasteiger partial charge in [-0.1, -0.05) is 29.5 Å². The minimum absolute atomic E-state index is 0.0625. The Morgan fingerprint density at radius 2 is 1.91 bits per heavy atom. The summed E-state index contributed by atoms with van der Waals surface area (Å²) >= 11 is 2.75. The number of rotatable bonds is 9. The normalized spacial score (nSPS) is 10.9. The zero-order valence-corrected chi connectivity index (χ0v) is 19.7. The number of aromatic nitrogens is 3. The fourth-order valence-electron chi connectivity index (χ4n) is 3.29. The van der Waals surface area contributed by atoms with Gasteiger partial charge in [0.05, 0.1) is 10.7 Å². The number of para-hydroxylation sites is 1. The van der Waals surface area contributed by atoms with E-state index < -0.39 is 4.92 Å². The number of nitro groups is 1. The average molecular weight is 497 g/mol. The highest BCUT2D eigenvalue weighted by atomic mass is 32.2. The first kappa shape index (κ1) is 23.4. The molecule has 0 fully saturated rings. The van der Waals surface area contributed by atoms with Crippen LogP contribution >= 0.6 is 23.1 Å². The predicted molar refractivity (Wildman–Crippen MR) is 131 cm³/mol. The van der Waals surface area contributed by atoms with Gasteiger partial charge in [0.15, 0.2) is 0 Å². The molecular formula is C22H20N6O4S2. The lowest BCUT2D eigenvalue weighted by Gasteiger charge is -2.07. The first-order chi connectivity index (χ1) is 16.4. The molecule has 0 saturated carbocycles. The molecule has 2 aromatic heterocycles. The van der Waals surface area contributed by atoms with E-state index in [0.29, 0.717) is 23.8 Å². The van der Waals surface area contributed by atoms with Gasteiger partial charge in [-0.25, -0.2) is 0 Å². The third kappa shape index (κ3) is 5.58. The number of nitrogens with zero attached hydrogens (tertiary/aromatic N) is 4. The predicted octanol–water partition coefficient (Wildman–Crippen LogP) is 3.87. The Labute approximate surface area is 202 Å². The Morgan fingerprint density at radius 1 is 1.15 bits per heavy atom. The van der Waals surface area contributed by atoms with E-state index in [2.05, 4.69) is 20.8 Å². The molecular weight excluding hydrogens is 476 g/mol. The van der Waals surface area contributed by atoms with Crippen molar-refractivity contribution in [3.8, 4) is 0 Å². The van der Waals surface area contributed by atoms with Crippen LogP contribution in [-0.4, -0.2) is 43.8 Å². The number of anilines is 1. The zero-order chi connectivity index (χ0) is 24.1. The smallest absolute Gasteiger partial charge is 0.269 e. The van der Waals surface area contributed by atoms with Crippen molar-refractivity contribution in [3.63, 3.8) is 0 Å². The number of carbonyl (C=O) groups excluding carboxylic acids is 2. The molecule has 10 nitrogen and oxygen atoms in total. The van der Waals surface area contributed by atoms with Crippen LogP contribution in [0.15, 0.2) is 59.6 Å². The summed E-state index contributed by atoms with van der Waals surface area (Å²) in [5.41, 5.74) is 1.29. The molecule has 0 radical (unpaired) electrons. The number of aryl methyl sites for hydroxylation is 1. The quantitative estimate of drug-likeness (QED) is 0.204. The van der Waals surface area contributed by atoms with Gasteiger partial charge in [0.2, 0.25) is 11.0 Å². The van der Waals surface area contributed by atoms with E-state index in [9.17, 15) is 19.7 Å². The van der Waals surface area contributed by atoms with Crippen molar-refractivity contribution in [3.05, 3.63) is 75.4 Å². The van der Waals surface area contributed by atoms with E-state index in [1.54, 1.807) is 0 Å². The second kappa shape index (κ2) is 10.4. The molecule has 0 aliphatic rings. The Bertz CT molecular complexity index is 1350. The highest BCUT2D eigenvalue weighted by molar-refractivity contribution is 8.00. The highest BCUT2D eigenvalue weighted by Gasteiger charge is 2.13. The number of hydrogen-bond acceptors (Lipinski definition) is 8. The number of nitro benzene ring substituents is 1. The number of fused-ring (bicyclic) bond motifs is 1. The van der Waals surface area contributed by atoms with Gasteiger partial charge in [-0.2, -0.15) is 0 Å². The Kier molecular flexibility index (Phi) is 7.18. The van der Waals surface area contributed by atoms with E-state index in [1.807, 2.05) is 42.0 Å². The number of thioether (sulfide) groups is 1. The summed E-state index contributed by atoms with van der Waals surface area (Å²) in [5.74, 6) is -0.235. The van der Waals surface area contributed by atoms with Crippen LogP contribution in [0.5, 0.6) is 0 Å². The number of amides is 2. The van der Waals surface area contributed by atoms with Crippen LogP contribution in [-0.2, 0) is 11.3 Å². The first-order valence-corrected chi connectivity index (χ1v) is 12.0. The first-order valence-electron chi connectivity index (χ1n) is 10.2. The van der Waals surface area contributed by atoms with E-state index in [0.717, 1.165) is 20.8 Å². The molecule has 2 aromatic carbocycles. The van der Waals surface area contributed by atoms with Crippen molar-refractivity contribution in [1.82, 2.24) is 20.1 Å². The van der Waals surface area contributed by atoms with Crippen LogP contribution in [0, 0.1) is 17.0 Å². The minimum atomic E-state index is -0.505. The number of nitrogens with one attached hydrogen (secondary N) is 2. The molecule has 0 saturated heterocycles. The summed E-state index contributed by atoms with van der Waals surface area (Å²) in [5, 5.41) is 26.4. The van der Waals surface area contributed by atoms with Gasteiger partial charge in [-0.3, -0.25) is 25.0 Å². The number of carbonyl (C=O) groups is 2. The summed E-state index contributed by atoms with van der Waals surface area (Å²) < 4.78 is 2.03. The molecule has 2 heterocycles. The molecule has 0 atom stereocenters. The maximum Gasteiger partial charge on any atom is 0.269 e. The second-order valence-corrected chi connectivity index (χ2v) is 9.43. The van der Waals surface area contributed by atoms with Gasteiger partial charge >= 0.3 is 0 Å². The Balaban J connectivity index is 1.36.